The molecule has 1 unspecified atom stereocenters. The Kier molecular flexibility index (Phi) is 5.90. The summed E-state index contributed by atoms with van der Waals surface area (Å²) in [5, 5.41) is 1.13. The molecular weight excluding hydrogens is 423 g/mol. The zero-order valence-electron chi connectivity index (χ0n) is 21.5. The lowest BCUT2D eigenvalue weighted by molar-refractivity contribution is 0.458. The fourth-order valence-electron chi connectivity index (χ4n) is 4.19. The normalized spacial score (nSPS) is 16.0. The molecule has 0 fully saturated rings. The Bertz CT molecular complexity index is 1140. The molecule has 1 atom stereocenters. The molecule has 0 bridgehead atoms. The van der Waals surface area contributed by atoms with Gasteiger partial charge in [-0.3, -0.25) is 0 Å². The SMILES string of the molecule is CC(C)(C)c1cc(C(C)(C)C)c(OP2Oc3ccccc3-c3ccccc32)c(C(C)(C)C)c1. The molecule has 0 saturated heterocycles. The van der Waals surface area contributed by atoms with Crippen molar-refractivity contribution in [3.63, 3.8) is 0 Å². The molecule has 0 saturated carbocycles. The number of para-hydroxylation sites is 1. The van der Waals surface area contributed by atoms with Crippen molar-refractivity contribution in [2.45, 2.75) is 78.6 Å². The van der Waals surface area contributed by atoms with E-state index in [0.29, 0.717) is 0 Å². The van der Waals surface area contributed by atoms with Crippen molar-refractivity contribution in [1.82, 2.24) is 0 Å². The quantitative estimate of drug-likeness (QED) is 0.356. The van der Waals surface area contributed by atoms with Gasteiger partial charge in [0.15, 0.2) is 0 Å². The highest BCUT2D eigenvalue weighted by atomic mass is 31.2. The first-order chi connectivity index (χ1) is 15.3. The monoisotopic (exact) mass is 460 g/mol. The maximum absolute atomic E-state index is 6.96. The summed E-state index contributed by atoms with van der Waals surface area (Å²) in [6.45, 7) is 20.5. The minimum Gasteiger partial charge on any atom is -0.435 e. The Hall–Kier alpha value is -2.31. The van der Waals surface area contributed by atoms with Crippen LogP contribution in [0.3, 0.4) is 0 Å². The molecule has 1 aliphatic heterocycles. The zero-order chi connectivity index (χ0) is 24.2. The maximum atomic E-state index is 6.96. The van der Waals surface area contributed by atoms with Crippen molar-refractivity contribution in [3.05, 3.63) is 77.4 Å². The Labute approximate surface area is 201 Å². The van der Waals surface area contributed by atoms with E-state index >= 15 is 0 Å². The summed E-state index contributed by atoms with van der Waals surface area (Å²) in [4.78, 5) is 0. The first kappa shape index (κ1) is 23.8. The summed E-state index contributed by atoms with van der Waals surface area (Å²) >= 11 is 0. The van der Waals surface area contributed by atoms with Gasteiger partial charge in [0, 0.05) is 16.7 Å². The first-order valence-electron chi connectivity index (χ1n) is 11.8. The van der Waals surface area contributed by atoms with Crippen molar-refractivity contribution in [3.8, 4) is 22.6 Å². The second-order valence-electron chi connectivity index (χ2n) is 12.1. The van der Waals surface area contributed by atoms with Crippen molar-refractivity contribution >= 4 is 13.7 Å². The summed E-state index contributed by atoms with van der Waals surface area (Å²) in [6.07, 6.45) is 0. The summed E-state index contributed by atoms with van der Waals surface area (Å²) in [7, 11) is -1.31. The van der Waals surface area contributed by atoms with E-state index < -0.39 is 8.38 Å². The largest absolute Gasteiger partial charge is 0.435 e. The van der Waals surface area contributed by atoms with Crippen molar-refractivity contribution in [1.29, 1.82) is 0 Å². The summed E-state index contributed by atoms with van der Waals surface area (Å²) in [6, 6.07) is 21.4. The number of rotatable bonds is 2. The molecule has 0 aliphatic carbocycles. The smallest absolute Gasteiger partial charge is 0.326 e. The fourth-order valence-corrected chi connectivity index (χ4v) is 5.73. The molecule has 0 spiro atoms. The van der Waals surface area contributed by atoms with Gasteiger partial charge >= 0.3 is 8.38 Å². The molecule has 33 heavy (non-hydrogen) atoms. The zero-order valence-corrected chi connectivity index (χ0v) is 22.4. The van der Waals surface area contributed by atoms with Gasteiger partial charge in [0.1, 0.15) is 11.5 Å². The molecule has 3 aromatic rings. The summed E-state index contributed by atoms with van der Waals surface area (Å²) in [5.41, 5.74) is 6.06. The second kappa shape index (κ2) is 8.17. The Balaban J connectivity index is 1.91. The lowest BCUT2D eigenvalue weighted by Crippen LogP contribution is -2.24. The van der Waals surface area contributed by atoms with E-state index in [-0.39, 0.29) is 16.2 Å². The van der Waals surface area contributed by atoms with Crippen molar-refractivity contribution in [2.75, 3.05) is 0 Å². The van der Waals surface area contributed by atoms with Gasteiger partial charge in [-0.15, -0.1) is 0 Å². The predicted octanol–water partition coefficient (Wildman–Crippen LogP) is 8.65. The van der Waals surface area contributed by atoms with E-state index in [9.17, 15) is 0 Å². The van der Waals surface area contributed by atoms with Crippen LogP contribution >= 0.6 is 8.38 Å². The van der Waals surface area contributed by atoms with Crippen molar-refractivity contribution < 1.29 is 9.05 Å². The fraction of sp³-hybridized carbons (Fsp3) is 0.400. The topological polar surface area (TPSA) is 18.5 Å². The molecule has 1 heterocycles. The average Bonchev–Trinajstić information content (AvgIpc) is 2.71. The lowest BCUT2D eigenvalue weighted by atomic mass is 9.75. The van der Waals surface area contributed by atoms with Gasteiger partial charge in [-0.1, -0.05) is 111 Å². The molecule has 3 aromatic carbocycles. The molecular formula is C30H37O2P. The molecule has 174 valence electrons. The third-order valence-corrected chi connectivity index (χ3v) is 7.70. The highest BCUT2D eigenvalue weighted by Gasteiger charge is 2.35. The minimum atomic E-state index is -1.31. The van der Waals surface area contributed by atoms with Gasteiger partial charge in [-0.2, -0.15) is 0 Å². The Morgan fingerprint density at radius 1 is 0.636 bits per heavy atom. The molecule has 4 rings (SSSR count). The van der Waals surface area contributed by atoms with E-state index in [2.05, 4.69) is 111 Å². The molecule has 0 amide bonds. The first-order valence-corrected chi connectivity index (χ1v) is 13.0. The highest BCUT2D eigenvalue weighted by molar-refractivity contribution is 7.57. The number of benzene rings is 3. The molecule has 2 nitrogen and oxygen atoms in total. The molecule has 3 heteroatoms. The van der Waals surface area contributed by atoms with E-state index in [1.165, 1.54) is 22.3 Å². The Morgan fingerprint density at radius 2 is 1.15 bits per heavy atom. The van der Waals surface area contributed by atoms with Crippen LogP contribution in [-0.2, 0) is 16.2 Å². The van der Waals surface area contributed by atoms with Crippen LogP contribution < -0.4 is 14.4 Å². The van der Waals surface area contributed by atoms with E-state index in [1.807, 2.05) is 12.1 Å². The van der Waals surface area contributed by atoms with Crippen LogP contribution in [0.4, 0.5) is 0 Å². The van der Waals surface area contributed by atoms with Crippen LogP contribution in [0, 0.1) is 0 Å². The summed E-state index contributed by atoms with van der Waals surface area (Å²) in [5.74, 6) is 1.87. The predicted molar refractivity (Wildman–Crippen MR) is 142 cm³/mol. The van der Waals surface area contributed by atoms with Gasteiger partial charge in [0.25, 0.3) is 0 Å². The van der Waals surface area contributed by atoms with Gasteiger partial charge < -0.3 is 9.05 Å². The van der Waals surface area contributed by atoms with Crippen molar-refractivity contribution in [2.24, 2.45) is 0 Å². The number of hydrogen-bond acceptors (Lipinski definition) is 2. The van der Waals surface area contributed by atoms with Gasteiger partial charge in [-0.25, -0.2) is 0 Å². The molecule has 0 radical (unpaired) electrons. The summed E-state index contributed by atoms with van der Waals surface area (Å²) < 4.78 is 13.5. The third-order valence-electron chi connectivity index (χ3n) is 6.20. The second-order valence-corrected chi connectivity index (χ2v) is 13.5. The van der Waals surface area contributed by atoms with E-state index in [1.54, 1.807) is 0 Å². The van der Waals surface area contributed by atoms with Gasteiger partial charge in [0.2, 0.25) is 0 Å². The molecule has 0 N–H and O–H groups in total. The standard InChI is InChI=1S/C30H37O2P/c1-28(2,3)20-18-23(29(4,5)6)27(24(19-20)30(7,8)9)32-33-26-17-13-11-15-22(26)21-14-10-12-16-25(21)31-33/h10-19H,1-9H3. The van der Waals surface area contributed by atoms with Crippen LogP contribution in [-0.4, -0.2) is 0 Å². The third kappa shape index (κ3) is 4.69. The maximum Gasteiger partial charge on any atom is 0.326 e. The molecule has 1 aliphatic rings. The highest BCUT2D eigenvalue weighted by Crippen LogP contribution is 2.53. The van der Waals surface area contributed by atoms with Gasteiger partial charge in [0.05, 0.1) is 5.30 Å². The average molecular weight is 461 g/mol. The number of fused-ring (bicyclic) bond motifs is 3. The lowest BCUT2D eigenvalue weighted by Gasteiger charge is -2.35. The van der Waals surface area contributed by atoms with E-state index in [0.717, 1.165) is 22.4 Å². The Morgan fingerprint density at radius 3 is 1.70 bits per heavy atom. The van der Waals surface area contributed by atoms with Crippen LogP contribution in [0.5, 0.6) is 11.5 Å². The van der Waals surface area contributed by atoms with Crippen LogP contribution in [0.15, 0.2) is 60.7 Å². The number of hydrogen-bond donors (Lipinski definition) is 0. The van der Waals surface area contributed by atoms with Crippen LogP contribution in [0.25, 0.3) is 11.1 Å². The van der Waals surface area contributed by atoms with E-state index in [4.69, 9.17) is 9.05 Å². The minimum absolute atomic E-state index is 0.0523. The van der Waals surface area contributed by atoms with Crippen LogP contribution in [0.2, 0.25) is 0 Å². The van der Waals surface area contributed by atoms with Crippen LogP contribution in [0.1, 0.15) is 79.0 Å². The van der Waals surface area contributed by atoms with Gasteiger partial charge in [-0.05, 0) is 39.5 Å². The molecule has 0 aromatic heterocycles.